The third-order valence-electron chi connectivity index (χ3n) is 5.73. The molecule has 0 aromatic carbocycles. The van der Waals surface area contributed by atoms with Crippen LogP contribution in [0.15, 0.2) is 47.6 Å². The van der Waals surface area contributed by atoms with E-state index in [0.29, 0.717) is 18.5 Å². The van der Waals surface area contributed by atoms with E-state index in [-0.39, 0.29) is 48.6 Å². The van der Waals surface area contributed by atoms with Crippen molar-refractivity contribution in [3.05, 3.63) is 54.0 Å². The maximum Gasteiger partial charge on any atom is 0.276 e. The molecular formula is C24H29F3N8O2. The summed E-state index contributed by atoms with van der Waals surface area (Å²) in [6.07, 6.45) is 3.52. The Morgan fingerprint density at radius 2 is 2.05 bits per heavy atom. The quantitative estimate of drug-likeness (QED) is 0.310. The van der Waals surface area contributed by atoms with Crippen LogP contribution < -0.4 is 10.6 Å². The van der Waals surface area contributed by atoms with Gasteiger partial charge in [0.1, 0.15) is 6.17 Å². The molecule has 3 rings (SSSR count). The number of carbonyl (C=O) groups is 2. The van der Waals surface area contributed by atoms with Gasteiger partial charge in [0.15, 0.2) is 11.5 Å². The molecular weight excluding hydrogens is 489 g/mol. The smallest absolute Gasteiger partial charge is 0.276 e. The van der Waals surface area contributed by atoms with Crippen LogP contribution in [0.4, 0.5) is 19.0 Å². The number of aromatic nitrogens is 5. The molecule has 37 heavy (non-hydrogen) atoms. The van der Waals surface area contributed by atoms with Crippen LogP contribution in [-0.2, 0) is 17.8 Å². The number of anilines is 1. The maximum atomic E-state index is 14.4. The molecule has 0 aliphatic heterocycles. The van der Waals surface area contributed by atoms with Crippen LogP contribution in [0.25, 0.3) is 0 Å². The first-order chi connectivity index (χ1) is 17.7. The van der Waals surface area contributed by atoms with Gasteiger partial charge in [-0.3, -0.25) is 14.6 Å². The van der Waals surface area contributed by atoms with Gasteiger partial charge in [0.2, 0.25) is 5.91 Å². The molecule has 1 fully saturated rings. The SMILES string of the molecule is C=C/C(=C\C(CC(=O)Nc1ccc(CC[C@@H](F)Cn2cc(C(=O)NC)nn2)nn1)=NC)C(F)(F)C1CC1. The first kappa shape index (κ1) is 27.7. The molecule has 10 nitrogen and oxygen atoms in total. The lowest BCUT2D eigenvalue weighted by atomic mass is 10.0. The van der Waals surface area contributed by atoms with Gasteiger partial charge < -0.3 is 10.6 Å². The summed E-state index contributed by atoms with van der Waals surface area (Å²) in [6, 6.07) is 3.13. The minimum absolute atomic E-state index is 0.0680. The van der Waals surface area contributed by atoms with E-state index in [1.807, 2.05) is 0 Å². The van der Waals surface area contributed by atoms with Crippen molar-refractivity contribution in [2.45, 2.75) is 50.7 Å². The highest BCUT2D eigenvalue weighted by Gasteiger charge is 2.48. The van der Waals surface area contributed by atoms with Gasteiger partial charge in [-0.05, 0) is 43.9 Å². The van der Waals surface area contributed by atoms with Crippen molar-refractivity contribution in [2.75, 3.05) is 19.4 Å². The van der Waals surface area contributed by atoms with E-state index >= 15 is 0 Å². The summed E-state index contributed by atoms with van der Waals surface area (Å²) in [7, 11) is 2.88. The van der Waals surface area contributed by atoms with Gasteiger partial charge in [-0.2, -0.15) is 5.10 Å². The monoisotopic (exact) mass is 518 g/mol. The summed E-state index contributed by atoms with van der Waals surface area (Å²) in [6.45, 7) is 3.40. The van der Waals surface area contributed by atoms with Crippen LogP contribution in [0.3, 0.4) is 0 Å². The number of hydrogen-bond donors (Lipinski definition) is 2. The number of alkyl halides is 3. The number of halogens is 3. The van der Waals surface area contributed by atoms with Crippen molar-refractivity contribution in [3.63, 3.8) is 0 Å². The van der Waals surface area contributed by atoms with Crippen molar-refractivity contribution in [3.8, 4) is 0 Å². The molecule has 0 saturated heterocycles. The number of nitrogens with zero attached hydrogens (tertiary/aromatic N) is 6. The zero-order chi connectivity index (χ0) is 27.0. The highest BCUT2D eigenvalue weighted by molar-refractivity contribution is 6.11. The molecule has 1 atom stereocenters. The second-order valence-electron chi connectivity index (χ2n) is 8.59. The topological polar surface area (TPSA) is 127 Å². The average Bonchev–Trinajstić information content (AvgIpc) is 3.65. The summed E-state index contributed by atoms with van der Waals surface area (Å²) in [5.41, 5.74) is 0.543. The van der Waals surface area contributed by atoms with Crippen molar-refractivity contribution < 1.29 is 22.8 Å². The Balaban J connectivity index is 1.48. The molecule has 0 radical (unpaired) electrons. The Hall–Kier alpha value is -3.90. The predicted octanol–water partition coefficient (Wildman–Crippen LogP) is 2.96. The predicted molar refractivity (Wildman–Crippen MR) is 131 cm³/mol. The molecule has 2 aromatic rings. The van der Waals surface area contributed by atoms with E-state index in [4.69, 9.17) is 0 Å². The minimum atomic E-state index is -3.00. The Bertz CT molecular complexity index is 1170. The standard InChI is InChI=1S/C24H29F3N8O2/c1-4-15(24(26,27)16-5-6-16)11-19(28-2)12-22(36)30-21-10-9-18(31-33-21)8-7-17(25)13-35-14-20(32-34-35)23(37)29-3/h4,9-11,14,16-17H,1,5-8,12-13H2,2-3H3,(H,29,37)(H,30,33,36)/b15-11+,28-19?/t17-/m1/s1. The largest absolute Gasteiger partial charge is 0.354 e. The molecule has 2 N–H and O–H groups in total. The van der Waals surface area contributed by atoms with Crippen molar-refractivity contribution in [2.24, 2.45) is 10.9 Å². The highest BCUT2D eigenvalue weighted by atomic mass is 19.3. The second kappa shape index (κ2) is 12.4. The summed E-state index contributed by atoms with van der Waals surface area (Å²) >= 11 is 0. The van der Waals surface area contributed by atoms with E-state index in [1.54, 1.807) is 6.07 Å². The number of carbonyl (C=O) groups excluding carboxylic acids is 2. The van der Waals surface area contributed by atoms with Crippen LogP contribution in [0.1, 0.15) is 41.9 Å². The number of aliphatic imine (C=N–C) groups is 1. The molecule has 13 heteroatoms. The fourth-order valence-electron chi connectivity index (χ4n) is 3.48. The fraction of sp³-hybridized carbons (Fsp3) is 0.458. The highest BCUT2D eigenvalue weighted by Crippen LogP contribution is 2.47. The molecule has 2 amide bonds. The summed E-state index contributed by atoms with van der Waals surface area (Å²) in [4.78, 5) is 27.8. The lowest BCUT2D eigenvalue weighted by Gasteiger charge is -2.17. The Morgan fingerprint density at radius 1 is 1.30 bits per heavy atom. The number of nitrogens with one attached hydrogen (secondary N) is 2. The van der Waals surface area contributed by atoms with Crippen LogP contribution in [0.2, 0.25) is 0 Å². The Morgan fingerprint density at radius 3 is 2.65 bits per heavy atom. The molecule has 2 aromatic heterocycles. The van der Waals surface area contributed by atoms with E-state index in [9.17, 15) is 22.8 Å². The molecule has 0 spiro atoms. The van der Waals surface area contributed by atoms with E-state index in [2.05, 4.69) is 42.7 Å². The van der Waals surface area contributed by atoms with E-state index in [0.717, 1.165) is 6.08 Å². The Labute approximate surface area is 212 Å². The number of allylic oxidation sites excluding steroid dienone is 3. The molecule has 1 aliphatic carbocycles. The van der Waals surface area contributed by atoms with Crippen LogP contribution in [0, 0.1) is 5.92 Å². The molecule has 2 heterocycles. The summed E-state index contributed by atoms with van der Waals surface area (Å²) < 4.78 is 44.4. The average molecular weight is 519 g/mol. The Kier molecular flexibility index (Phi) is 9.25. The van der Waals surface area contributed by atoms with Gasteiger partial charge in [0.05, 0.1) is 24.9 Å². The van der Waals surface area contributed by atoms with Crippen molar-refractivity contribution >= 4 is 23.3 Å². The number of rotatable bonds is 13. The second-order valence-corrected chi connectivity index (χ2v) is 8.59. The van der Waals surface area contributed by atoms with Gasteiger partial charge >= 0.3 is 0 Å². The fourth-order valence-corrected chi connectivity index (χ4v) is 3.48. The molecule has 1 saturated carbocycles. The van der Waals surface area contributed by atoms with Gasteiger partial charge in [0, 0.05) is 31.3 Å². The maximum absolute atomic E-state index is 14.4. The van der Waals surface area contributed by atoms with Gasteiger partial charge in [0.25, 0.3) is 11.8 Å². The van der Waals surface area contributed by atoms with Gasteiger partial charge in [-0.1, -0.05) is 17.9 Å². The zero-order valence-corrected chi connectivity index (χ0v) is 20.6. The first-order valence-corrected chi connectivity index (χ1v) is 11.7. The van der Waals surface area contributed by atoms with E-state index < -0.39 is 29.8 Å². The zero-order valence-electron chi connectivity index (χ0n) is 20.6. The molecule has 0 unspecified atom stereocenters. The normalized spacial score (nSPS) is 15.3. The molecule has 0 bridgehead atoms. The van der Waals surface area contributed by atoms with Crippen molar-refractivity contribution in [1.82, 2.24) is 30.5 Å². The van der Waals surface area contributed by atoms with Crippen LogP contribution in [0.5, 0.6) is 0 Å². The van der Waals surface area contributed by atoms with Gasteiger partial charge in [-0.25, -0.2) is 17.9 Å². The lowest BCUT2D eigenvalue weighted by Crippen LogP contribution is -2.23. The summed E-state index contributed by atoms with van der Waals surface area (Å²) in [5.74, 6) is -4.44. The lowest BCUT2D eigenvalue weighted by molar-refractivity contribution is -0.115. The number of hydrogen-bond acceptors (Lipinski definition) is 7. The van der Waals surface area contributed by atoms with E-state index in [1.165, 1.54) is 37.1 Å². The van der Waals surface area contributed by atoms with Crippen LogP contribution in [-0.4, -0.2) is 68.9 Å². The molecule has 1 aliphatic rings. The first-order valence-electron chi connectivity index (χ1n) is 11.7. The third-order valence-corrected chi connectivity index (χ3v) is 5.73. The number of aryl methyl sites for hydroxylation is 1. The number of amides is 2. The third kappa shape index (κ3) is 7.79. The minimum Gasteiger partial charge on any atom is -0.354 e. The summed E-state index contributed by atoms with van der Waals surface area (Å²) in [5, 5.41) is 20.3. The molecule has 198 valence electrons. The van der Waals surface area contributed by atoms with Gasteiger partial charge in [-0.15, -0.1) is 10.2 Å². The van der Waals surface area contributed by atoms with Crippen LogP contribution >= 0.6 is 0 Å². The van der Waals surface area contributed by atoms with Crippen molar-refractivity contribution in [1.29, 1.82) is 0 Å².